The number of ether oxygens (including phenoxy) is 1. The first kappa shape index (κ1) is 19.0. The molecular formula is C22H29NO2. The predicted octanol–water partition coefficient (Wildman–Crippen LogP) is 5.21. The normalized spacial score (nSPS) is 11.8. The molecule has 0 aliphatic heterocycles. The van der Waals surface area contributed by atoms with Gasteiger partial charge in [-0.2, -0.15) is 0 Å². The van der Waals surface area contributed by atoms with Crippen LogP contribution in [0.2, 0.25) is 0 Å². The summed E-state index contributed by atoms with van der Waals surface area (Å²) in [5.74, 6) is 1.25. The predicted molar refractivity (Wildman–Crippen MR) is 103 cm³/mol. The Morgan fingerprint density at radius 1 is 1.08 bits per heavy atom. The van der Waals surface area contributed by atoms with Crippen LogP contribution in [0.3, 0.4) is 0 Å². The van der Waals surface area contributed by atoms with Crippen molar-refractivity contribution in [2.45, 2.75) is 46.1 Å². The van der Waals surface area contributed by atoms with Crippen LogP contribution in [0.25, 0.3) is 0 Å². The zero-order valence-electron chi connectivity index (χ0n) is 15.3. The maximum atomic E-state index is 12.4. The maximum Gasteiger partial charge on any atom is 0.251 e. The second-order valence-corrected chi connectivity index (χ2v) is 6.43. The van der Waals surface area contributed by atoms with Gasteiger partial charge in [-0.3, -0.25) is 4.79 Å². The zero-order valence-corrected chi connectivity index (χ0v) is 15.3. The van der Waals surface area contributed by atoms with Crippen LogP contribution in [-0.4, -0.2) is 12.5 Å². The molecule has 0 saturated heterocycles. The Morgan fingerprint density at radius 2 is 1.88 bits per heavy atom. The summed E-state index contributed by atoms with van der Waals surface area (Å²) in [6, 6.07) is 17.4. The summed E-state index contributed by atoms with van der Waals surface area (Å²) in [5.41, 5.74) is 1.76. The van der Waals surface area contributed by atoms with E-state index in [0.717, 1.165) is 24.3 Å². The van der Waals surface area contributed by atoms with E-state index in [1.165, 1.54) is 19.3 Å². The smallest absolute Gasteiger partial charge is 0.251 e. The molecule has 3 heteroatoms. The molecule has 2 aromatic carbocycles. The van der Waals surface area contributed by atoms with Crippen molar-refractivity contribution in [3.63, 3.8) is 0 Å². The molecule has 0 aliphatic rings. The van der Waals surface area contributed by atoms with Crippen LogP contribution in [-0.2, 0) is 6.61 Å². The van der Waals surface area contributed by atoms with Gasteiger partial charge in [0.15, 0.2) is 0 Å². The molecule has 0 spiro atoms. The van der Waals surface area contributed by atoms with Gasteiger partial charge in [0.25, 0.3) is 5.91 Å². The Kier molecular flexibility index (Phi) is 8.03. The maximum absolute atomic E-state index is 12.4. The highest BCUT2D eigenvalue weighted by Crippen LogP contribution is 2.16. The Hall–Kier alpha value is -2.29. The van der Waals surface area contributed by atoms with Crippen LogP contribution in [0.15, 0.2) is 54.6 Å². The minimum Gasteiger partial charge on any atom is -0.489 e. The summed E-state index contributed by atoms with van der Waals surface area (Å²) in [5, 5.41) is 3.07. The van der Waals surface area contributed by atoms with Crippen LogP contribution in [0.4, 0.5) is 0 Å². The average molecular weight is 339 g/mol. The van der Waals surface area contributed by atoms with Crippen molar-refractivity contribution in [2.75, 3.05) is 6.54 Å². The molecule has 0 aliphatic carbocycles. The summed E-state index contributed by atoms with van der Waals surface area (Å²) in [6.07, 6.45) is 4.69. The number of hydrogen-bond acceptors (Lipinski definition) is 2. The fraction of sp³-hybridized carbons (Fsp3) is 0.409. The molecule has 0 bridgehead atoms. The Bertz CT molecular complexity index is 639. The molecule has 25 heavy (non-hydrogen) atoms. The molecule has 1 atom stereocenters. The van der Waals surface area contributed by atoms with E-state index in [4.69, 9.17) is 4.74 Å². The lowest BCUT2D eigenvalue weighted by molar-refractivity contribution is 0.0945. The van der Waals surface area contributed by atoms with Gasteiger partial charge in [-0.1, -0.05) is 69.5 Å². The van der Waals surface area contributed by atoms with E-state index in [-0.39, 0.29) is 5.91 Å². The molecule has 1 amide bonds. The third-order valence-electron chi connectivity index (χ3n) is 4.44. The molecule has 0 fully saturated rings. The second kappa shape index (κ2) is 10.5. The Labute approximate surface area is 151 Å². The van der Waals surface area contributed by atoms with Crippen LogP contribution in [0, 0.1) is 5.92 Å². The van der Waals surface area contributed by atoms with E-state index in [2.05, 4.69) is 19.2 Å². The highest BCUT2D eigenvalue weighted by Gasteiger charge is 2.10. The average Bonchev–Trinajstić information content (AvgIpc) is 2.67. The van der Waals surface area contributed by atoms with Crippen LogP contribution < -0.4 is 10.1 Å². The lowest BCUT2D eigenvalue weighted by Crippen LogP contribution is -2.29. The highest BCUT2D eigenvalue weighted by atomic mass is 16.5. The number of carbonyl (C=O) groups excluding carboxylic acids is 1. The number of nitrogens with one attached hydrogen (secondary N) is 1. The fourth-order valence-electron chi connectivity index (χ4n) is 2.75. The monoisotopic (exact) mass is 339 g/mol. The molecule has 1 N–H and O–H groups in total. The SMILES string of the molecule is CCCCC(CC)CNC(=O)c1cccc(OCc2ccccc2)c1. The van der Waals surface area contributed by atoms with Crippen molar-refractivity contribution in [1.29, 1.82) is 0 Å². The molecule has 2 aromatic rings. The van der Waals surface area contributed by atoms with Crippen molar-refractivity contribution in [3.8, 4) is 5.75 Å². The van der Waals surface area contributed by atoms with Gasteiger partial charge in [0, 0.05) is 12.1 Å². The molecule has 134 valence electrons. The van der Waals surface area contributed by atoms with Gasteiger partial charge in [-0.05, 0) is 36.1 Å². The summed E-state index contributed by atoms with van der Waals surface area (Å²) in [7, 11) is 0. The quantitative estimate of drug-likeness (QED) is 0.645. The first-order valence-corrected chi connectivity index (χ1v) is 9.28. The summed E-state index contributed by atoms with van der Waals surface area (Å²) in [6.45, 7) is 5.63. The number of benzene rings is 2. The van der Waals surface area contributed by atoms with E-state index in [1.807, 2.05) is 54.6 Å². The molecule has 0 saturated carbocycles. The van der Waals surface area contributed by atoms with Crippen molar-refractivity contribution >= 4 is 5.91 Å². The van der Waals surface area contributed by atoms with Gasteiger partial charge in [0.2, 0.25) is 0 Å². The molecule has 3 nitrogen and oxygen atoms in total. The van der Waals surface area contributed by atoms with Gasteiger partial charge >= 0.3 is 0 Å². The summed E-state index contributed by atoms with van der Waals surface area (Å²) < 4.78 is 5.80. The summed E-state index contributed by atoms with van der Waals surface area (Å²) >= 11 is 0. The van der Waals surface area contributed by atoms with Crippen LogP contribution in [0.5, 0.6) is 5.75 Å². The minimum atomic E-state index is -0.0277. The molecular weight excluding hydrogens is 310 g/mol. The van der Waals surface area contributed by atoms with E-state index >= 15 is 0 Å². The molecule has 1 unspecified atom stereocenters. The summed E-state index contributed by atoms with van der Waals surface area (Å²) in [4.78, 5) is 12.4. The molecule has 0 heterocycles. The lowest BCUT2D eigenvalue weighted by atomic mass is 9.99. The van der Waals surface area contributed by atoms with Gasteiger partial charge in [0.1, 0.15) is 12.4 Å². The topological polar surface area (TPSA) is 38.3 Å². The first-order chi connectivity index (χ1) is 12.2. The van der Waals surface area contributed by atoms with E-state index < -0.39 is 0 Å². The zero-order chi connectivity index (χ0) is 17.9. The van der Waals surface area contributed by atoms with E-state index in [9.17, 15) is 4.79 Å². The van der Waals surface area contributed by atoms with Crippen molar-refractivity contribution < 1.29 is 9.53 Å². The van der Waals surface area contributed by atoms with Crippen LogP contribution >= 0.6 is 0 Å². The number of carbonyl (C=O) groups is 1. The number of rotatable bonds is 10. The lowest BCUT2D eigenvalue weighted by Gasteiger charge is -2.15. The van der Waals surface area contributed by atoms with Gasteiger partial charge in [-0.15, -0.1) is 0 Å². The van der Waals surface area contributed by atoms with Gasteiger partial charge < -0.3 is 10.1 Å². The Balaban J connectivity index is 1.87. The number of hydrogen-bond donors (Lipinski definition) is 1. The van der Waals surface area contributed by atoms with E-state index in [0.29, 0.717) is 18.1 Å². The number of unbranched alkanes of at least 4 members (excludes halogenated alkanes) is 1. The van der Waals surface area contributed by atoms with Crippen LogP contribution in [0.1, 0.15) is 55.5 Å². The molecule has 2 rings (SSSR count). The molecule has 0 aromatic heterocycles. The van der Waals surface area contributed by atoms with Gasteiger partial charge in [-0.25, -0.2) is 0 Å². The van der Waals surface area contributed by atoms with Crippen molar-refractivity contribution in [1.82, 2.24) is 5.32 Å². The van der Waals surface area contributed by atoms with E-state index in [1.54, 1.807) is 0 Å². The van der Waals surface area contributed by atoms with Gasteiger partial charge in [0.05, 0.1) is 0 Å². The highest BCUT2D eigenvalue weighted by molar-refractivity contribution is 5.94. The molecule has 0 radical (unpaired) electrons. The van der Waals surface area contributed by atoms with Crippen molar-refractivity contribution in [2.24, 2.45) is 5.92 Å². The third-order valence-corrected chi connectivity index (χ3v) is 4.44. The largest absolute Gasteiger partial charge is 0.489 e. The third kappa shape index (κ3) is 6.61. The fourth-order valence-corrected chi connectivity index (χ4v) is 2.75. The first-order valence-electron chi connectivity index (χ1n) is 9.28. The minimum absolute atomic E-state index is 0.0277. The number of amides is 1. The standard InChI is InChI=1S/C22H29NO2/c1-3-5-10-18(4-2)16-23-22(24)20-13-9-14-21(15-20)25-17-19-11-7-6-8-12-19/h6-9,11-15,18H,3-5,10,16-17H2,1-2H3,(H,23,24). The second-order valence-electron chi connectivity index (χ2n) is 6.43. The Morgan fingerprint density at radius 3 is 2.60 bits per heavy atom. The van der Waals surface area contributed by atoms with Crippen molar-refractivity contribution in [3.05, 3.63) is 65.7 Å².